The molecule has 2 rings (SSSR count). The molecule has 0 amide bonds. The average molecular weight is 335 g/mol. The quantitative estimate of drug-likeness (QED) is 0.826. The van der Waals surface area contributed by atoms with Crippen LogP contribution in [0.3, 0.4) is 0 Å². The maximum Gasteiger partial charge on any atom is 0.325 e. The highest BCUT2D eigenvalue weighted by molar-refractivity contribution is 9.10. The van der Waals surface area contributed by atoms with Crippen LogP contribution in [0.1, 0.15) is 12.0 Å². The number of carboxylic acid groups (broad SMARTS) is 1. The van der Waals surface area contributed by atoms with Gasteiger partial charge < -0.3 is 10.8 Å². The molecule has 1 aromatic rings. The van der Waals surface area contributed by atoms with Gasteiger partial charge in [-0.3, -0.25) is 9.69 Å². The number of likely N-dealkylation sites (tertiary alicyclic amines) is 1. The summed E-state index contributed by atoms with van der Waals surface area (Å²) in [6, 6.07) is 2.47. The average Bonchev–Trinajstić information content (AvgIpc) is 2.73. The number of aliphatic carboxylic acids is 1. The smallest absolute Gasteiger partial charge is 0.325 e. The van der Waals surface area contributed by atoms with Crippen LogP contribution in [-0.4, -0.2) is 34.6 Å². The molecule has 1 aromatic carbocycles. The van der Waals surface area contributed by atoms with Gasteiger partial charge in [0.2, 0.25) is 0 Å². The van der Waals surface area contributed by atoms with E-state index in [0.29, 0.717) is 6.54 Å². The second kappa shape index (κ2) is 5.15. The van der Waals surface area contributed by atoms with Crippen molar-refractivity contribution in [3.8, 4) is 0 Å². The number of nitrogens with zero attached hydrogens (tertiary/aromatic N) is 1. The lowest BCUT2D eigenvalue weighted by Crippen LogP contribution is -2.50. The van der Waals surface area contributed by atoms with Crippen molar-refractivity contribution >= 4 is 21.9 Å². The van der Waals surface area contributed by atoms with Gasteiger partial charge in [0, 0.05) is 25.2 Å². The zero-order valence-electron chi connectivity index (χ0n) is 10.00. The molecule has 0 saturated carbocycles. The summed E-state index contributed by atoms with van der Waals surface area (Å²) in [6.45, 7) is 0.477. The van der Waals surface area contributed by atoms with Crippen LogP contribution in [0, 0.1) is 11.6 Å². The van der Waals surface area contributed by atoms with Crippen LogP contribution in [0.4, 0.5) is 8.78 Å². The largest absolute Gasteiger partial charge is 0.480 e. The van der Waals surface area contributed by atoms with Gasteiger partial charge in [-0.05, 0) is 34.5 Å². The molecule has 1 unspecified atom stereocenters. The molecular weight excluding hydrogens is 322 g/mol. The Kier molecular flexibility index (Phi) is 3.89. The standard InChI is InChI=1S/C12H13BrF2N2O2/c13-8-1-2-9(14)7(10(8)15)5-17-4-3-12(16,6-17)11(18)19/h1-2H,3-6,16H2,(H,18,19). The molecule has 0 spiro atoms. The molecule has 0 bridgehead atoms. The molecule has 4 nitrogen and oxygen atoms in total. The second-order valence-electron chi connectivity index (χ2n) is 4.74. The number of halogens is 3. The SMILES string of the molecule is NC1(C(=O)O)CCN(Cc2c(F)ccc(Br)c2F)C1. The highest BCUT2D eigenvalue weighted by atomic mass is 79.9. The fourth-order valence-corrected chi connectivity index (χ4v) is 2.53. The number of hydrogen-bond donors (Lipinski definition) is 2. The van der Waals surface area contributed by atoms with Gasteiger partial charge in [0.1, 0.15) is 17.2 Å². The minimum atomic E-state index is -1.33. The number of carbonyl (C=O) groups is 1. The number of hydrogen-bond acceptors (Lipinski definition) is 3. The Morgan fingerprint density at radius 2 is 2.21 bits per heavy atom. The van der Waals surface area contributed by atoms with E-state index in [1.165, 1.54) is 12.1 Å². The highest BCUT2D eigenvalue weighted by Crippen LogP contribution is 2.26. The van der Waals surface area contributed by atoms with Gasteiger partial charge in [0.25, 0.3) is 0 Å². The van der Waals surface area contributed by atoms with Gasteiger partial charge in [-0.25, -0.2) is 8.78 Å². The molecule has 1 fully saturated rings. The summed E-state index contributed by atoms with van der Waals surface area (Å²) in [5, 5.41) is 9.00. The second-order valence-corrected chi connectivity index (χ2v) is 5.60. The van der Waals surface area contributed by atoms with Crippen LogP contribution in [0.2, 0.25) is 0 Å². The minimum absolute atomic E-state index is 0.00331. The first-order valence-corrected chi connectivity index (χ1v) is 6.50. The van der Waals surface area contributed by atoms with Crippen molar-refractivity contribution in [2.24, 2.45) is 5.73 Å². The van der Waals surface area contributed by atoms with Crippen molar-refractivity contribution in [1.82, 2.24) is 4.90 Å². The fraction of sp³-hybridized carbons (Fsp3) is 0.417. The van der Waals surface area contributed by atoms with Gasteiger partial charge in [-0.2, -0.15) is 0 Å². The van der Waals surface area contributed by atoms with Crippen LogP contribution in [0.15, 0.2) is 16.6 Å². The van der Waals surface area contributed by atoms with E-state index < -0.39 is 23.1 Å². The van der Waals surface area contributed by atoms with Gasteiger partial charge >= 0.3 is 5.97 Å². The van der Waals surface area contributed by atoms with Crippen molar-refractivity contribution < 1.29 is 18.7 Å². The summed E-state index contributed by atoms with van der Waals surface area (Å²) >= 11 is 3.00. The first-order chi connectivity index (χ1) is 8.83. The van der Waals surface area contributed by atoms with Crippen molar-refractivity contribution in [2.45, 2.75) is 18.5 Å². The van der Waals surface area contributed by atoms with Crippen LogP contribution in [0.5, 0.6) is 0 Å². The molecule has 1 aliphatic heterocycles. The summed E-state index contributed by atoms with van der Waals surface area (Å²) in [6.07, 6.45) is 0.263. The summed E-state index contributed by atoms with van der Waals surface area (Å²) in [5.41, 5.74) is 4.30. The normalized spacial score (nSPS) is 23.8. The van der Waals surface area contributed by atoms with Crippen LogP contribution < -0.4 is 5.73 Å². The summed E-state index contributed by atoms with van der Waals surface area (Å²) in [5.74, 6) is -2.40. The number of carboxylic acids is 1. The van der Waals surface area contributed by atoms with Gasteiger partial charge in [-0.1, -0.05) is 0 Å². The monoisotopic (exact) mass is 334 g/mol. The lowest BCUT2D eigenvalue weighted by Gasteiger charge is -2.20. The van der Waals surface area contributed by atoms with Crippen molar-refractivity contribution in [1.29, 1.82) is 0 Å². The van der Waals surface area contributed by atoms with Crippen LogP contribution >= 0.6 is 15.9 Å². The van der Waals surface area contributed by atoms with E-state index in [0.717, 1.165) is 0 Å². The molecule has 1 aliphatic rings. The number of nitrogens with two attached hydrogens (primary N) is 1. The minimum Gasteiger partial charge on any atom is -0.480 e. The summed E-state index contributed by atoms with van der Waals surface area (Å²) in [4.78, 5) is 12.6. The Bertz CT molecular complexity index is 527. The van der Waals surface area contributed by atoms with E-state index in [2.05, 4.69) is 15.9 Å². The van der Waals surface area contributed by atoms with E-state index in [9.17, 15) is 13.6 Å². The molecule has 0 aliphatic carbocycles. The zero-order chi connectivity index (χ0) is 14.2. The lowest BCUT2D eigenvalue weighted by molar-refractivity contribution is -0.142. The first kappa shape index (κ1) is 14.4. The first-order valence-electron chi connectivity index (χ1n) is 5.70. The van der Waals surface area contributed by atoms with Gasteiger partial charge in [0.15, 0.2) is 0 Å². The summed E-state index contributed by atoms with van der Waals surface area (Å²) in [7, 11) is 0. The highest BCUT2D eigenvalue weighted by Gasteiger charge is 2.41. The third kappa shape index (κ3) is 2.77. The van der Waals surface area contributed by atoms with Gasteiger partial charge in [-0.15, -0.1) is 0 Å². The van der Waals surface area contributed by atoms with Crippen LogP contribution in [0.25, 0.3) is 0 Å². The van der Waals surface area contributed by atoms with Crippen molar-refractivity contribution in [3.63, 3.8) is 0 Å². The predicted molar refractivity (Wildman–Crippen MR) is 68.5 cm³/mol. The molecule has 104 valence electrons. The van der Waals surface area contributed by atoms with Gasteiger partial charge in [0.05, 0.1) is 4.47 Å². The Morgan fingerprint density at radius 3 is 2.79 bits per heavy atom. The number of rotatable bonds is 3. The molecule has 1 saturated heterocycles. The molecule has 7 heteroatoms. The molecule has 3 N–H and O–H groups in total. The predicted octanol–water partition coefficient (Wildman–Crippen LogP) is 1.72. The maximum absolute atomic E-state index is 13.8. The Balaban J connectivity index is 2.16. The van der Waals surface area contributed by atoms with E-state index in [4.69, 9.17) is 10.8 Å². The molecule has 19 heavy (non-hydrogen) atoms. The van der Waals surface area contributed by atoms with E-state index >= 15 is 0 Å². The Morgan fingerprint density at radius 1 is 1.53 bits per heavy atom. The summed E-state index contributed by atoms with van der Waals surface area (Å²) < 4.78 is 27.6. The van der Waals surface area contributed by atoms with E-state index in [1.807, 2.05) is 0 Å². The fourth-order valence-electron chi connectivity index (χ4n) is 2.16. The van der Waals surface area contributed by atoms with E-state index in [-0.39, 0.29) is 29.5 Å². The molecule has 0 aromatic heterocycles. The molecule has 1 heterocycles. The maximum atomic E-state index is 13.8. The molecular formula is C12H13BrF2N2O2. The van der Waals surface area contributed by atoms with E-state index in [1.54, 1.807) is 4.90 Å². The van der Waals surface area contributed by atoms with Crippen LogP contribution in [-0.2, 0) is 11.3 Å². The van der Waals surface area contributed by atoms with Crippen molar-refractivity contribution in [2.75, 3.05) is 13.1 Å². The lowest BCUT2D eigenvalue weighted by atomic mass is 10.0. The molecule has 1 atom stereocenters. The third-order valence-corrected chi connectivity index (χ3v) is 3.94. The number of benzene rings is 1. The zero-order valence-corrected chi connectivity index (χ0v) is 11.6. The third-order valence-electron chi connectivity index (χ3n) is 3.33. The van der Waals surface area contributed by atoms with Crippen molar-refractivity contribution in [3.05, 3.63) is 33.8 Å². The Labute approximate surface area is 117 Å². The molecule has 0 radical (unpaired) electrons. The topological polar surface area (TPSA) is 66.6 Å². The Hall–Kier alpha value is -1.05.